The smallest absolute Gasteiger partial charge is 0.278 e. The molecular formula is C22H28N4O3S. The second-order valence-corrected chi connectivity index (χ2v) is 8.21. The van der Waals surface area contributed by atoms with E-state index in [0.717, 1.165) is 29.8 Å². The predicted molar refractivity (Wildman–Crippen MR) is 120 cm³/mol. The quantitative estimate of drug-likeness (QED) is 0.400. The van der Waals surface area contributed by atoms with E-state index < -0.39 is 0 Å². The first-order chi connectivity index (χ1) is 14.4. The topological polar surface area (TPSA) is 89.0 Å². The molecule has 0 saturated carbocycles. The van der Waals surface area contributed by atoms with E-state index in [1.807, 2.05) is 44.2 Å². The predicted octanol–water partition coefficient (Wildman–Crippen LogP) is 3.81. The zero-order valence-corrected chi connectivity index (χ0v) is 18.6. The lowest BCUT2D eigenvalue weighted by atomic mass is 10.1. The lowest BCUT2D eigenvalue weighted by Gasteiger charge is -2.16. The van der Waals surface area contributed by atoms with E-state index in [-0.39, 0.29) is 23.3 Å². The van der Waals surface area contributed by atoms with Crippen molar-refractivity contribution in [3.05, 3.63) is 51.9 Å². The molecule has 1 amide bonds. The van der Waals surface area contributed by atoms with Gasteiger partial charge in [0.05, 0.1) is 24.4 Å². The molecule has 2 N–H and O–H groups in total. The van der Waals surface area contributed by atoms with Gasteiger partial charge in [-0.2, -0.15) is 0 Å². The first-order valence-corrected chi connectivity index (χ1v) is 11.1. The Morgan fingerprint density at radius 2 is 2.17 bits per heavy atom. The van der Waals surface area contributed by atoms with Gasteiger partial charge in [0, 0.05) is 12.2 Å². The van der Waals surface area contributed by atoms with Crippen molar-refractivity contribution in [2.24, 2.45) is 0 Å². The number of aromatic amines is 1. The van der Waals surface area contributed by atoms with Crippen molar-refractivity contribution in [1.82, 2.24) is 19.9 Å². The number of hydrogen-bond acceptors (Lipinski definition) is 5. The fraction of sp³-hybridized carbons (Fsp3) is 0.409. The minimum atomic E-state index is -0.154. The monoisotopic (exact) mass is 428 g/mol. The third kappa shape index (κ3) is 5.05. The van der Waals surface area contributed by atoms with E-state index in [2.05, 4.69) is 22.2 Å². The van der Waals surface area contributed by atoms with Crippen molar-refractivity contribution in [3.63, 3.8) is 0 Å². The molecule has 8 heteroatoms. The van der Waals surface area contributed by atoms with Crippen molar-refractivity contribution in [1.29, 1.82) is 0 Å². The highest BCUT2D eigenvalue weighted by Crippen LogP contribution is 2.21. The number of aryl methyl sites for hydroxylation is 1. The van der Waals surface area contributed by atoms with Gasteiger partial charge in [-0.05, 0) is 44.0 Å². The van der Waals surface area contributed by atoms with Gasteiger partial charge < -0.3 is 15.0 Å². The summed E-state index contributed by atoms with van der Waals surface area (Å²) in [5.41, 5.74) is 2.93. The SMILES string of the molecule is CCCCn1c(SCC(=O)N[C@@H](C)c2cccc(OC)c2)nc2cc(C)[nH]c2c1=O. The number of hydrogen-bond donors (Lipinski definition) is 2. The van der Waals surface area contributed by atoms with Crippen molar-refractivity contribution >= 4 is 28.7 Å². The number of nitrogens with zero attached hydrogens (tertiary/aromatic N) is 2. The molecular weight excluding hydrogens is 400 g/mol. The average molecular weight is 429 g/mol. The molecule has 0 spiro atoms. The summed E-state index contributed by atoms with van der Waals surface area (Å²) in [4.78, 5) is 33.2. The van der Waals surface area contributed by atoms with Crippen molar-refractivity contribution < 1.29 is 9.53 Å². The van der Waals surface area contributed by atoms with Crippen molar-refractivity contribution in [2.45, 2.75) is 51.4 Å². The van der Waals surface area contributed by atoms with Crippen LogP contribution < -0.4 is 15.6 Å². The normalized spacial score (nSPS) is 12.1. The Morgan fingerprint density at radius 3 is 2.90 bits per heavy atom. The molecule has 2 heterocycles. The van der Waals surface area contributed by atoms with Gasteiger partial charge in [-0.3, -0.25) is 14.2 Å². The molecule has 0 bridgehead atoms. The number of H-pyrrole nitrogens is 1. The molecule has 3 rings (SSSR count). The summed E-state index contributed by atoms with van der Waals surface area (Å²) in [7, 11) is 1.62. The Hall–Kier alpha value is -2.74. The molecule has 7 nitrogen and oxygen atoms in total. The third-order valence-electron chi connectivity index (χ3n) is 4.88. The third-order valence-corrected chi connectivity index (χ3v) is 5.85. The van der Waals surface area contributed by atoms with E-state index in [0.29, 0.717) is 22.7 Å². The fourth-order valence-corrected chi connectivity index (χ4v) is 4.08. The van der Waals surface area contributed by atoms with Crippen LogP contribution in [0.4, 0.5) is 0 Å². The summed E-state index contributed by atoms with van der Waals surface area (Å²) in [6.45, 7) is 6.50. The number of thioether (sulfide) groups is 1. The van der Waals surface area contributed by atoms with Crippen molar-refractivity contribution in [3.8, 4) is 5.75 Å². The molecule has 0 saturated heterocycles. The lowest BCUT2D eigenvalue weighted by molar-refractivity contribution is -0.119. The standard InChI is InChI=1S/C22H28N4O3S/c1-5-6-10-26-21(28)20-18(11-14(2)23-20)25-22(26)30-13-19(27)24-15(3)16-8-7-9-17(12-16)29-4/h7-9,11-12,15,23H,5-6,10,13H2,1-4H3,(H,24,27)/t15-/m0/s1. The Morgan fingerprint density at radius 1 is 1.37 bits per heavy atom. The van der Waals surface area contributed by atoms with Gasteiger partial charge in [0.25, 0.3) is 5.56 Å². The largest absolute Gasteiger partial charge is 0.497 e. The number of fused-ring (bicyclic) bond motifs is 1. The van der Waals surface area contributed by atoms with Gasteiger partial charge in [0.15, 0.2) is 5.16 Å². The van der Waals surface area contributed by atoms with Crippen LogP contribution in [0.1, 0.15) is 44.0 Å². The van der Waals surface area contributed by atoms with Gasteiger partial charge in [0.2, 0.25) is 5.91 Å². The molecule has 0 fully saturated rings. The number of methoxy groups -OCH3 is 1. The Balaban J connectivity index is 1.73. The minimum Gasteiger partial charge on any atom is -0.497 e. The van der Waals surface area contributed by atoms with Crippen LogP contribution in [0, 0.1) is 6.92 Å². The number of nitrogens with one attached hydrogen (secondary N) is 2. The number of aromatic nitrogens is 3. The zero-order chi connectivity index (χ0) is 21.7. The van der Waals surface area contributed by atoms with E-state index in [1.165, 1.54) is 11.8 Å². The molecule has 30 heavy (non-hydrogen) atoms. The lowest BCUT2D eigenvalue weighted by Crippen LogP contribution is -2.29. The molecule has 0 unspecified atom stereocenters. The molecule has 0 aliphatic carbocycles. The number of amides is 1. The summed E-state index contributed by atoms with van der Waals surface area (Å²) >= 11 is 1.29. The van der Waals surface area contributed by atoms with E-state index in [1.54, 1.807) is 11.7 Å². The molecule has 3 aromatic rings. The van der Waals surface area contributed by atoms with Crippen LogP contribution in [0.3, 0.4) is 0 Å². The second kappa shape index (κ2) is 9.84. The van der Waals surface area contributed by atoms with Gasteiger partial charge in [-0.25, -0.2) is 4.98 Å². The molecule has 1 aromatic carbocycles. The van der Waals surface area contributed by atoms with E-state index in [9.17, 15) is 9.59 Å². The zero-order valence-electron chi connectivity index (χ0n) is 17.8. The first kappa shape index (κ1) is 22.0. The number of ether oxygens (including phenoxy) is 1. The fourth-order valence-electron chi connectivity index (χ4n) is 3.24. The highest BCUT2D eigenvalue weighted by molar-refractivity contribution is 7.99. The highest BCUT2D eigenvalue weighted by atomic mass is 32.2. The summed E-state index contributed by atoms with van der Waals surface area (Å²) in [5.74, 6) is 0.820. The minimum absolute atomic E-state index is 0.0887. The van der Waals surface area contributed by atoms with E-state index >= 15 is 0 Å². The van der Waals surface area contributed by atoms with Crippen molar-refractivity contribution in [2.75, 3.05) is 12.9 Å². The number of carbonyl (C=O) groups is 1. The maximum Gasteiger partial charge on any atom is 0.278 e. The summed E-state index contributed by atoms with van der Waals surface area (Å²) in [5, 5.41) is 3.57. The maximum atomic E-state index is 12.9. The summed E-state index contributed by atoms with van der Waals surface area (Å²) in [6.07, 6.45) is 1.84. The van der Waals surface area contributed by atoms with Gasteiger partial charge in [-0.1, -0.05) is 37.2 Å². The van der Waals surface area contributed by atoms with E-state index in [4.69, 9.17) is 4.74 Å². The van der Waals surface area contributed by atoms with Crippen LogP contribution in [0.5, 0.6) is 5.75 Å². The van der Waals surface area contributed by atoms with Crippen LogP contribution >= 0.6 is 11.8 Å². The van der Waals surface area contributed by atoms with Crippen LogP contribution in [0.2, 0.25) is 0 Å². The number of rotatable bonds is 9. The highest BCUT2D eigenvalue weighted by Gasteiger charge is 2.16. The molecule has 160 valence electrons. The summed E-state index contributed by atoms with van der Waals surface area (Å²) in [6, 6.07) is 9.33. The van der Waals surface area contributed by atoms with Crippen LogP contribution in [-0.4, -0.2) is 33.3 Å². The van der Waals surface area contributed by atoms with Crippen LogP contribution in [-0.2, 0) is 11.3 Å². The average Bonchev–Trinajstić information content (AvgIpc) is 3.12. The van der Waals surface area contributed by atoms with Crippen LogP contribution in [0.15, 0.2) is 40.3 Å². The van der Waals surface area contributed by atoms with Gasteiger partial charge >= 0.3 is 0 Å². The van der Waals surface area contributed by atoms with Crippen LogP contribution in [0.25, 0.3) is 11.0 Å². The molecule has 2 aromatic heterocycles. The molecule has 0 aliphatic rings. The number of benzene rings is 1. The Labute approximate surface area is 180 Å². The number of unbranched alkanes of at least 4 members (excludes halogenated alkanes) is 1. The molecule has 0 radical (unpaired) electrons. The molecule has 1 atom stereocenters. The number of carbonyl (C=O) groups excluding carboxylic acids is 1. The Bertz CT molecular complexity index is 1090. The molecule has 0 aliphatic heterocycles. The Kier molecular flexibility index (Phi) is 7.20. The first-order valence-electron chi connectivity index (χ1n) is 10.1. The van der Waals surface area contributed by atoms with Gasteiger partial charge in [0.1, 0.15) is 11.3 Å². The second-order valence-electron chi connectivity index (χ2n) is 7.27. The van der Waals surface area contributed by atoms with Gasteiger partial charge in [-0.15, -0.1) is 0 Å². The maximum absolute atomic E-state index is 12.9. The summed E-state index contributed by atoms with van der Waals surface area (Å²) < 4.78 is 6.92.